The molecular formula is C23H33N3O2. The molecule has 0 radical (unpaired) electrons. The van der Waals surface area contributed by atoms with Gasteiger partial charge in [-0.2, -0.15) is 0 Å². The van der Waals surface area contributed by atoms with Crippen LogP contribution >= 0.6 is 0 Å². The maximum absolute atomic E-state index is 13.1. The summed E-state index contributed by atoms with van der Waals surface area (Å²) in [6.45, 7) is 7.52. The van der Waals surface area contributed by atoms with Crippen LogP contribution in [-0.4, -0.2) is 53.3 Å². The van der Waals surface area contributed by atoms with E-state index in [1.807, 2.05) is 18.7 Å². The molecule has 1 saturated heterocycles. The van der Waals surface area contributed by atoms with Gasteiger partial charge in [-0.1, -0.05) is 43.5 Å². The first-order valence-corrected chi connectivity index (χ1v) is 10.9. The summed E-state index contributed by atoms with van der Waals surface area (Å²) in [6, 6.07) is 8.43. The minimum absolute atomic E-state index is 0.0487. The molecule has 1 aromatic carbocycles. The molecule has 28 heavy (non-hydrogen) atoms. The largest absolute Gasteiger partial charge is 0.353 e. The number of benzene rings is 1. The highest BCUT2D eigenvalue weighted by molar-refractivity contribution is 6.02. The van der Waals surface area contributed by atoms with Crippen molar-refractivity contribution in [2.24, 2.45) is 5.41 Å². The van der Waals surface area contributed by atoms with E-state index in [0.717, 1.165) is 51.7 Å². The first-order valence-electron chi connectivity index (χ1n) is 10.9. The number of hydrogen-bond acceptors (Lipinski definition) is 3. The van der Waals surface area contributed by atoms with Crippen LogP contribution in [0, 0.1) is 5.41 Å². The summed E-state index contributed by atoms with van der Waals surface area (Å²) in [7, 11) is 0. The SMILES string of the molecule is CC(C)N1C(=O)C2(CCCCC2)C1C(=O)NCCN1CCc2ccccc2C1. The molecule has 0 aromatic heterocycles. The third kappa shape index (κ3) is 3.34. The van der Waals surface area contributed by atoms with Crippen LogP contribution in [0.5, 0.6) is 0 Å². The second-order valence-electron chi connectivity index (χ2n) is 9.01. The number of carbonyl (C=O) groups excluding carboxylic acids is 2. The first-order chi connectivity index (χ1) is 13.5. The van der Waals surface area contributed by atoms with E-state index in [1.54, 1.807) is 0 Å². The molecule has 1 unspecified atom stereocenters. The number of amides is 2. The lowest BCUT2D eigenvalue weighted by atomic mass is 9.61. The van der Waals surface area contributed by atoms with Gasteiger partial charge < -0.3 is 10.2 Å². The number of fused-ring (bicyclic) bond motifs is 1. The van der Waals surface area contributed by atoms with Crippen molar-refractivity contribution in [1.29, 1.82) is 0 Å². The number of nitrogens with zero attached hydrogens (tertiary/aromatic N) is 2. The summed E-state index contributed by atoms with van der Waals surface area (Å²) in [5, 5.41) is 3.16. The van der Waals surface area contributed by atoms with Crippen molar-refractivity contribution in [3.05, 3.63) is 35.4 Å². The van der Waals surface area contributed by atoms with Crippen LogP contribution in [0.4, 0.5) is 0 Å². The van der Waals surface area contributed by atoms with E-state index in [2.05, 4.69) is 34.5 Å². The predicted octanol–water partition coefficient (Wildman–Crippen LogP) is 2.73. The number of hydrogen-bond donors (Lipinski definition) is 1. The Labute approximate surface area is 168 Å². The summed E-state index contributed by atoms with van der Waals surface area (Å²) >= 11 is 0. The Hall–Kier alpha value is -1.88. The molecule has 1 aliphatic carbocycles. The van der Waals surface area contributed by atoms with Gasteiger partial charge in [0.1, 0.15) is 6.04 Å². The number of β-lactam (4-membered cyclic amide) rings is 1. The third-order valence-electron chi connectivity index (χ3n) is 6.95. The molecule has 1 aromatic rings. The van der Waals surface area contributed by atoms with Crippen LogP contribution in [0.1, 0.15) is 57.1 Å². The Morgan fingerprint density at radius 2 is 1.89 bits per heavy atom. The highest BCUT2D eigenvalue weighted by Crippen LogP contribution is 2.50. The van der Waals surface area contributed by atoms with Crippen molar-refractivity contribution >= 4 is 11.8 Å². The van der Waals surface area contributed by atoms with Crippen molar-refractivity contribution in [2.75, 3.05) is 19.6 Å². The lowest BCUT2D eigenvalue weighted by Crippen LogP contribution is -2.75. The molecule has 2 aliphatic heterocycles. The molecule has 1 spiro atoms. The maximum atomic E-state index is 13.1. The molecule has 1 saturated carbocycles. The van der Waals surface area contributed by atoms with E-state index < -0.39 is 5.41 Å². The third-order valence-corrected chi connectivity index (χ3v) is 6.95. The molecule has 152 valence electrons. The molecule has 2 heterocycles. The fourth-order valence-electron chi connectivity index (χ4n) is 5.45. The van der Waals surface area contributed by atoms with E-state index >= 15 is 0 Å². The molecule has 5 nitrogen and oxygen atoms in total. The van der Waals surface area contributed by atoms with Gasteiger partial charge in [-0.15, -0.1) is 0 Å². The van der Waals surface area contributed by atoms with Gasteiger partial charge in [0, 0.05) is 32.2 Å². The summed E-state index contributed by atoms with van der Waals surface area (Å²) < 4.78 is 0. The van der Waals surface area contributed by atoms with Gasteiger partial charge in [0.15, 0.2) is 0 Å². The Balaban J connectivity index is 1.34. The van der Waals surface area contributed by atoms with Gasteiger partial charge in [0.25, 0.3) is 0 Å². The Morgan fingerprint density at radius 1 is 1.18 bits per heavy atom. The number of nitrogens with one attached hydrogen (secondary N) is 1. The Morgan fingerprint density at radius 3 is 2.61 bits per heavy atom. The van der Waals surface area contributed by atoms with Crippen molar-refractivity contribution < 1.29 is 9.59 Å². The maximum Gasteiger partial charge on any atom is 0.243 e. The first kappa shape index (κ1) is 19.4. The lowest BCUT2D eigenvalue weighted by molar-refractivity contribution is -0.185. The molecule has 1 N–H and O–H groups in total. The number of carbonyl (C=O) groups is 2. The zero-order valence-corrected chi connectivity index (χ0v) is 17.2. The highest BCUT2D eigenvalue weighted by atomic mass is 16.2. The fourth-order valence-corrected chi connectivity index (χ4v) is 5.45. The van der Waals surface area contributed by atoms with Crippen molar-refractivity contribution in [2.45, 2.75) is 71.0 Å². The van der Waals surface area contributed by atoms with Crippen LogP contribution in [0.3, 0.4) is 0 Å². The summed E-state index contributed by atoms with van der Waals surface area (Å²) in [5.41, 5.74) is 2.43. The van der Waals surface area contributed by atoms with Crippen LogP contribution in [0.15, 0.2) is 24.3 Å². The van der Waals surface area contributed by atoms with Gasteiger partial charge in [0.05, 0.1) is 5.41 Å². The van der Waals surface area contributed by atoms with E-state index in [0.29, 0.717) is 6.54 Å². The Bertz CT molecular complexity index is 739. The van der Waals surface area contributed by atoms with Crippen LogP contribution in [-0.2, 0) is 22.6 Å². The average Bonchev–Trinajstić information content (AvgIpc) is 2.71. The zero-order chi connectivity index (χ0) is 19.7. The van der Waals surface area contributed by atoms with Gasteiger partial charge in [-0.05, 0) is 44.2 Å². The standard InChI is InChI=1S/C23H33N3O2/c1-17(2)26-20(23(22(26)28)11-6-3-7-12-23)21(27)24-13-15-25-14-10-18-8-4-5-9-19(18)16-25/h4-5,8-9,17,20H,3,6-7,10-16H2,1-2H3,(H,24,27). The molecule has 2 amide bonds. The molecule has 5 heteroatoms. The van der Waals surface area contributed by atoms with Gasteiger partial charge in [-0.3, -0.25) is 14.5 Å². The monoisotopic (exact) mass is 383 g/mol. The molecule has 0 bridgehead atoms. The van der Waals surface area contributed by atoms with Gasteiger partial charge in [-0.25, -0.2) is 0 Å². The molecular weight excluding hydrogens is 350 g/mol. The van der Waals surface area contributed by atoms with Crippen molar-refractivity contribution in [3.63, 3.8) is 0 Å². The fraction of sp³-hybridized carbons (Fsp3) is 0.652. The second kappa shape index (κ2) is 7.86. The van der Waals surface area contributed by atoms with E-state index in [1.165, 1.54) is 17.5 Å². The van der Waals surface area contributed by atoms with Crippen LogP contribution < -0.4 is 5.32 Å². The second-order valence-corrected chi connectivity index (χ2v) is 9.01. The smallest absolute Gasteiger partial charge is 0.243 e. The van der Waals surface area contributed by atoms with E-state index in [9.17, 15) is 9.59 Å². The molecule has 3 aliphatic rings. The molecule has 1 atom stereocenters. The topological polar surface area (TPSA) is 52.7 Å². The number of rotatable bonds is 5. The Kier molecular flexibility index (Phi) is 5.46. The predicted molar refractivity (Wildman–Crippen MR) is 110 cm³/mol. The summed E-state index contributed by atoms with van der Waals surface area (Å²) in [4.78, 5) is 30.2. The lowest BCUT2D eigenvalue weighted by Gasteiger charge is -2.58. The molecule has 2 fully saturated rings. The quantitative estimate of drug-likeness (QED) is 0.796. The minimum atomic E-state index is -0.420. The molecule has 4 rings (SSSR count). The van der Waals surface area contributed by atoms with Crippen molar-refractivity contribution in [3.8, 4) is 0 Å². The van der Waals surface area contributed by atoms with E-state index in [-0.39, 0.29) is 23.9 Å². The summed E-state index contributed by atoms with van der Waals surface area (Å²) in [6.07, 6.45) is 6.13. The summed E-state index contributed by atoms with van der Waals surface area (Å²) in [5.74, 6) is 0.252. The van der Waals surface area contributed by atoms with Crippen LogP contribution in [0.2, 0.25) is 0 Å². The average molecular weight is 384 g/mol. The van der Waals surface area contributed by atoms with E-state index in [4.69, 9.17) is 0 Å². The minimum Gasteiger partial charge on any atom is -0.353 e. The normalized spacial score (nSPS) is 24.2. The van der Waals surface area contributed by atoms with Crippen molar-refractivity contribution in [1.82, 2.24) is 15.1 Å². The van der Waals surface area contributed by atoms with Gasteiger partial charge >= 0.3 is 0 Å². The highest BCUT2D eigenvalue weighted by Gasteiger charge is 2.63. The van der Waals surface area contributed by atoms with Crippen LogP contribution in [0.25, 0.3) is 0 Å². The number of likely N-dealkylation sites (tertiary alicyclic amines) is 1. The zero-order valence-electron chi connectivity index (χ0n) is 17.2. The van der Waals surface area contributed by atoms with Gasteiger partial charge in [0.2, 0.25) is 11.8 Å².